The molecule has 1 saturated heterocycles. The first kappa shape index (κ1) is 15.1. The lowest BCUT2D eigenvalue weighted by Gasteiger charge is -2.30. The van der Waals surface area contributed by atoms with Crippen molar-refractivity contribution in [2.75, 3.05) is 19.6 Å². The Labute approximate surface area is 130 Å². The monoisotopic (exact) mass is 318 g/mol. The summed E-state index contributed by atoms with van der Waals surface area (Å²) in [5.41, 5.74) is 0.863. The van der Waals surface area contributed by atoms with Gasteiger partial charge in [-0.3, -0.25) is 0 Å². The molecule has 1 fully saturated rings. The molecular weight excluding hydrogens is 300 g/mol. The fraction of sp³-hybridized carbons (Fsp3) is 0.333. The summed E-state index contributed by atoms with van der Waals surface area (Å²) in [6.07, 6.45) is 2.77. The van der Waals surface area contributed by atoms with Gasteiger partial charge in [-0.05, 0) is 6.92 Å². The fourth-order valence-corrected chi connectivity index (χ4v) is 3.87. The molecular formula is C15H18N4O2S. The number of hydrogen-bond acceptors (Lipinski definition) is 5. The van der Waals surface area contributed by atoms with E-state index in [0.29, 0.717) is 25.5 Å². The average Bonchev–Trinajstić information content (AvgIpc) is 2.56. The number of benzene rings is 1. The van der Waals surface area contributed by atoms with Gasteiger partial charge in [0.05, 0.1) is 12.4 Å². The van der Waals surface area contributed by atoms with Crippen molar-refractivity contribution in [2.24, 2.45) is 0 Å². The molecule has 0 aliphatic carbocycles. The third kappa shape index (κ3) is 3.01. The molecule has 1 aromatic carbocycles. The molecule has 2 aromatic rings. The summed E-state index contributed by atoms with van der Waals surface area (Å²) in [6, 6.07) is 9.63. The minimum Gasteiger partial charge on any atom is -0.312 e. The van der Waals surface area contributed by atoms with Gasteiger partial charge in [-0.25, -0.2) is 18.4 Å². The molecule has 116 valence electrons. The Morgan fingerprint density at radius 3 is 2.50 bits per heavy atom. The molecule has 0 spiro atoms. The zero-order chi connectivity index (χ0) is 15.6. The molecule has 22 heavy (non-hydrogen) atoms. The topological polar surface area (TPSA) is 75.2 Å². The maximum Gasteiger partial charge on any atom is 0.246 e. The van der Waals surface area contributed by atoms with Crippen LogP contribution in [0.2, 0.25) is 0 Å². The molecule has 6 nitrogen and oxygen atoms in total. The van der Waals surface area contributed by atoms with Gasteiger partial charge in [0.1, 0.15) is 4.90 Å². The van der Waals surface area contributed by atoms with E-state index in [1.165, 1.54) is 16.7 Å². The Kier molecular flexibility index (Phi) is 4.19. The van der Waals surface area contributed by atoms with Crippen LogP contribution in [0.1, 0.15) is 6.92 Å². The van der Waals surface area contributed by atoms with Gasteiger partial charge in [0.2, 0.25) is 10.0 Å². The predicted molar refractivity (Wildman–Crippen MR) is 83.7 cm³/mol. The molecule has 0 bridgehead atoms. The molecule has 1 aliphatic rings. The smallest absolute Gasteiger partial charge is 0.246 e. The van der Waals surface area contributed by atoms with Gasteiger partial charge in [-0.1, -0.05) is 30.3 Å². The summed E-state index contributed by atoms with van der Waals surface area (Å²) in [5, 5.41) is 3.23. The van der Waals surface area contributed by atoms with Crippen molar-refractivity contribution in [3.63, 3.8) is 0 Å². The van der Waals surface area contributed by atoms with Gasteiger partial charge >= 0.3 is 0 Å². The van der Waals surface area contributed by atoms with Crippen molar-refractivity contribution in [1.29, 1.82) is 0 Å². The minimum atomic E-state index is -3.53. The lowest BCUT2D eigenvalue weighted by molar-refractivity contribution is 0.310. The van der Waals surface area contributed by atoms with Crippen LogP contribution in [-0.2, 0) is 10.0 Å². The SMILES string of the molecule is CC1CN(S(=O)(=O)c2cnc(-c3ccccc3)nc2)CCN1. The van der Waals surface area contributed by atoms with E-state index in [1.807, 2.05) is 37.3 Å². The van der Waals surface area contributed by atoms with Crippen molar-refractivity contribution >= 4 is 10.0 Å². The van der Waals surface area contributed by atoms with Gasteiger partial charge < -0.3 is 5.32 Å². The summed E-state index contributed by atoms with van der Waals surface area (Å²) >= 11 is 0. The Bertz CT molecular complexity index is 732. The lowest BCUT2D eigenvalue weighted by atomic mass is 10.2. The number of nitrogens with zero attached hydrogens (tertiary/aromatic N) is 3. The second kappa shape index (κ2) is 6.12. The first-order valence-corrected chi connectivity index (χ1v) is 8.62. The van der Waals surface area contributed by atoms with E-state index in [0.717, 1.165) is 5.56 Å². The van der Waals surface area contributed by atoms with Crippen LogP contribution in [-0.4, -0.2) is 48.4 Å². The molecule has 7 heteroatoms. The van der Waals surface area contributed by atoms with E-state index in [4.69, 9.17) is 0 Å². The highest BCUT2D eigenvalue weighted by atomic mass is 32.2. The summed E-state index contributed by atoms with van der Waals surface area (Å²) in [4.78, 5) is 8.53. The van der Waals surface area contributed by atoms with Gasteiger partial charge in [0.25, 0.3) is 0 Å². The van der Waals surface area contributed by atoms with Gasteiger partial charge in [0, 0.05) is 31.2 Å². The molecule has 1 aliphatic heterocycles. The largest absolute Gasteiger partial charge is 0.312 e. The molecule has 1 aromatic heterocycles. The standard InChI is InChI=1S/C15H18N4O2S/c1-12-11-19(8-7-16-12)22(20,21)14-9-17-15(18-10-14)13-5-3-2-4-6-13/h2-6,9-10,12,16H,7-8,11H2,1H3. The molecule has 1 unspecified atom stereocenters. The summed E-state index contributed by atoms with van der Waals surface area (Å²) in [6.45, 7) is 3.55. The summed E-state index contributed by atoms with van der Waals surface area (Å²) < 4.78 is 26.7. The van der Waals surface area contributed by atoms with E-state index in [2.05, 4.69) is 15.3 Å². The van der Waals surface area contributed by atoms with E-state index >= 15 is 0 Å². The first-order valence-electron chi connectivity index (χ1n) is 7.18. The van der Waals surface area contributed by atoms with Crippen LogP contribution in [0, 0.1) is 0 Å². The summed E-state index contributed by atoms with van der Waals surface area (Å²) in [7, 11) is -3.53. The maximum atomic E-state index is 12.6. The first-order chi connectivity index (χ1) is 10.6. The van der Waals surface area contributed by atoms with E-state index < -0.39 is 10.0 Å². The van der Waals surface area contributed by atoms with Crippen LogP contribution in [0.25, 0.3) is 11.4 Å². The zero-order valence-electron chi connectivity index (χ0n) is 12.3. The Hall–Kier alpha value is -1.83. The third-order valence-corrected chi connectivity index (χ3v) is 5.45. The van der Waals surface area contributed by atoms with Crippen LogP contribution in [0.5, 0.6) is 0 Å². The average molecular weight is 318 g/mol. The molecule has 0 radical (unpaired) electrons. The van der Waals surface area contributed by atoms with Gasteiger partial charge in [0.15, 0.2) is 5.82 Å². The second-order valence-electron chi connectivity index (χ2n) is 5.33. The molecule has 0 saturated carbocycles. The molecule has 0 amide bonds. The molecule has 1 atom stereocenters. The van der Waals surface area contributed by atoms with Crippen molar-refractivity contribution in [3.8, 4) is 11.4 Å². The number of piperazine rings is 1. The second-order valence-corrected chi connectivity index (χ2v) is 7.26. The van der Waals surface area contributed by atoms with E-state index in [-0.39, 0.29) is 10.9 Å². The number of rotatable bonds is 3. The van der Waals surface area contributed by atoms with Gasteiger partial charge in [-0.15, -0.1) is 0 Å². The van der Waals surface area contributed by atoms with Crippen LogP contribution < -0.4 is 5.32 Å². The Balaban J connectivity index is 1.86. The van der Waals surface area contributed by atoms with E-state index in [9.17, 15) is 8.42 Å². The van der Waals surface area contributed by atoms with E-state index in [1.54, 1.807) is 0 Å². The van der Waals surface area contributed by atoms with Crippen molar-refractivity contribution in [3.05, 3.63) is 42.7 Å². The molecule has 1 N–H and O–H groups in total. The predicted octanol–water partition coefficient (Wildman–Crippen LogP) is 1.13. The van der Waals surface area contributed by atoms with Crippen LogP contribution in [0.4, 0.5) is 0 Å². The highest BCUT2D eigenvalue weighted by Gasteiger charge is 2.29. The Morgan fingerprint density at radius 2 is 1.86 bits per heavy atom. The van der Waals surface area contributed by atoms with Crippen molar-refractivity contribution in [1.82, 2.24) is 19.6 Å². The quantitative estimate of drug-likeness (QED) is 0.918. The zero-order valence-corrected chi connectivity index (χ0v) is 13.1. The van der Waals surface area contributed by atoms with Crippen molar-refractivity contribution in [2.45, 2.75) is 17.9 Å². The maximum absolute atomic E-state index is 12.6. The highest BCUT2D eigenvalue weighted by molar-refractivity contribution is 7.89. The fourth-order valence-electron chi connectivity index (χ4n) is 2.45. The van der Waals surface area contributed by atoms with Crippen LogP contribution in [0.3, 0.4) is 0 Å². The highest BCUT2D eigenvalue weighted by Crippen LogP contribution is 2.18. The van der Waals surface area contributed by atoms with Crippen LogP contribution in [0.15, 0.2) is 47.6 Å². The minimum absolute atomic E-state index is 0.140. The number of aromatic nitrogens is 2. The number of sulfonamides is 1. The number of nitrogens with one attached hydrogen (secondary N) is 1. The van der Waals surface area contributed by atoms with Crippen LogP contribution >= 0.6 is 0 Å². The lowest BCUT2D eigenvalue weighted by Crippen LogP contribution is -2.51. The number of hydrogen-bond donors (Lipinski definition) is 1. The van der Waals surface area contributed by atoms with Crippen molar-refractivity contribution < 1.29 is 8.42 Å². The molecule has 3 rings (SSSR count). The van der Waals surface area contributed by atoms with Gasteiger partial charge in [-0.2, -0.15) is 4.31 Å². The summed E-state index contributed by atoms with van der Waals surface area (Å²) in [5.74, 6) is 0.522. The Morgan fingerprint density at radius 1 is 1.18 bits per heavy atom. The normalized spacial score (nSPS) is 20.0. The molecule has 2 heterocycles. The third-order valence-electron chi connectivity index (χ3n) is 3.63.